The molecule has 0 spiro atoms. The number of halogens is 4. The summed E-state index contributed by atoms with van der Waals surface area (Å²) in [5.41, 5.74) is -0.363. The first-order valence-corrected chi connectivity index (χ1v) is 13.4. The maximum absolute atomic E-state index is 12.9. The van der Waals surface area contributed by atoms with Gasteiger partial charge in [-0.05, 0) is 42.7 Å². The summed E-state index contributed by atoms with van der Waals surface area (Å²) < 4.78 is 41.6. The van der Waals surface area contributed by atoms with Crippen molar-refractivity contribution in [2.24, 2.45) is 7.05 Å². The predicted octanol–water partition coefficient (Wildman–Crippen LogP) is 4.36. The number of pyridine rings is 1. The van der Waals surface area contributed by atoms with Crippen molar-refractivity contribution in [3.05, 3.63) is 131 Å². The molecule has 0 aliphatic heterocycles. The Morgan fingerprint density at radius 3 is 2.40 bits per heavy atom. The van der Waals surface area contributed by atoms with Gasteiger partial charge in [-0.15, -0.1) is 0 Å². The Morgan fingerprint density at radius 2 is 1.72 bits per heavy atom. The van der Waals surface area contributed by atoms with Crippen LogP contribution in [0.15, 0.2) is 81.2 Å². The zero-order chi connectivity index (χ0) is 31.3. The summed E-state index contributed by atoms with van der Waals surface area (Å²) in [6.07, 6.45) is -2.99. The van der Waals surface area contributed by atoms with Gasteiger partial charge in [-0.25, -0.2) is 4.79 Å². The van der Waals surface area contributed by atoms with Crippen LogP contribution in [0.25, 0.3) is 0 Å². The summed E-state index contributed by atoms with van der Waals surface area (Å²) >= 11 is 6.39. The minimum Gasteiger partial charge on any atom is -0.319 e. The molecule has 222 valence electrons. The fraction of sp³-hybridized carbons (Fsp3) is 0.226. The third-order valence-corrected chi connectivity index (χ3v) is 6.97. The highest BCUT2D eigenvalue weighted by atomic mass is 35.5. The standard InChI is InChI=1S/C31H26ClF3N4O4/c1-20-8-10-21(11-9-20)12-13-25(40)36-27-28(32)39(30(43)37(2)29(27)42)15-4-7-22-5-3-6-23(17-22)19-38-16-14-24(18-26(38)41)31(33,34)35/h3,5-6,8-11,14,16-18H,12-13,15,19H2,1-2H3,(H,36,40). The summed E-state index contributed by atoms with van der Waals surface area (Å²) in [6.45, 7) is 1.77. The molecule has 2 aromatic heterocycles. The van der Waals surface area contributed by atoms with Crippen LogP contribution in [0.5, 0.6) is 0 Å². The molecule has 0 radical (unpaired) electrons. The maximum atomic E-state index is 12.9. The molecule has 0 saturated carbocycles. The minimum atomic E-state index is -4.61. The lowest BCUT2D eigenvalue weighted by Gasteiger charge is -2.13. The van der Waals surface area contributed by atoms with Gasteiger partial charge in [0.1, 0.15) is 10.8 Å². The predicted molar refractivity (Wildman–Crippen MR) is 157 cm³/mol. The summed E-state index contributed by atoms with van der Waals surface area (Å²) in [4.78, 5) is 50.3. The lowest BCUT2D eigenvalue weighted by molar-refractivity contribution is -0.137. The van der Waals surface area contributed by atoms with Gasteiger partial charge in [0.2, 0.25) is 5.91 Å². The zero-order valence-corrected chi connectivity index (χ0v) is 23.9. The smallest absolute Gasteiger partial charge is 0.319 e. The van der Waals surface area contributed by atoms with E-state index in [0.29, 0.717) is 23.6 Å². The van der Waals surface area contributed by atoms with Gasteiger partial charge in [0.15, 0.2) is 0 Å². The van der Waals surface area contributed by atoms with E-state index >= 15 is 0 Å². The van der Waals surface area contributed by atoms with Crippen molar-refractivity contribution in [1.82, 2.24) is 13.7 Å². The molecule has 8 nitrogen and oxygen atoms in total. The number of nitrogens with one attached hydrogen (secondary N) is 1. The van der Waals surface area contributed by atoms with Gasteiger partial charge in [0.25, 0.3) is 11.1 Å². The molecule has 0 aliphatic rings. The number of hydrogen-bond donors (Lipinski definition) is 1. The molecule has 0 saturated heterocycles. The van der Waals surface area contributed by atoms with E-state index < -0.39 is 34.5 Å². The summed E-state index contributed by atoms with van der Waals surface area (Å²) in [5, 5.41) is 2.26. The number of aryl methyl sites for hydroxylation is 2. The van der Waals surface area contributed by atoms with Gasteiger partial charge < -0.3 is 9.88 Å². The van der Waals surface area contributed by atoms with Gasteiger partial charge in [-0.3, -0.25) is 23.5 Å². The number of amides is 1. The highest BCUT2D eigenvalue weighted by Gasteiger charge is 2.30. The monoisotopic (exact) mass is 610 g/mol. The Kier molecular flexibility index (Phi) is 9.41. The molecule has 0 fully saturated rings. The molecule has 12 heteroatoms. The molecule has 0 aliphatic carbocycles. The van der Waals surface area contributed by atoms with Gasteiger partial charge in [-0.2, -0.15) is 13.2 Å². The fourth-order valence-corrected chi connectivity index (χ4v) is 4.44. The lowest BCUT2D eigenvalue weighted by Crippen LogP contribution is -2.40. The first kappa shape index (κ1) is 31.1. The molecular formula is C31H26ClF3N4O4. The van der Waals surface area contributed by atoms with Crippen LogP contribution >= 0.6 is 11.6 Å². The van der Waals surface area contributed by atoms with Gasteiger partial charge in [0.05, 0.1) is 18.7 Å². The number of alkyl halides is 3. The molecular weight excluding hydrogens is 585 g/mol. The fourth-order valence-electron chi connectivity index (χ4n) is 4.18. The van der Waals surface area contributed by atoms with E-state index in [4.69, 9.17) is 11.6 Å². The van der Waals surface area contributed by atoms with Crippen molar-refractivity contribution in [3.8, 4) is 11.8 Å². The third-order valence-electron chi connectivity index (χ3n) is 6.58. The second-order valence-electron chi connectivity index (χ2n) is 9.81. The number of rotatable bonds is 7. The van der Waals surface area contributed by atoms with Crippen molar-refractivity contribution >= 4 is 23.2 Å². The minimum absolute atomic E-state index is 0.0194. The Hall–Kier alpha value is -4.82. The normalized spacial score (nSPS) is 11.1. The van der Waals surface area contributed by atoms with Crippen molar-refractivity contribution < 1.29 is 18.0 Å². The summed E-state index contributed by atoms with van der Waals surface area (Å²) in [7, 11) is 1.26. The van der Waals surface area contributed by atoms with Crippen LogP contribution in [0.1, 0.15) is 34.2 Å². The van der Waals surface area contributed by atoms with E-state index in [0.717, 1.165) is 37.1 Å². The lowest BCUT2D eigenvalue weighted by atomic mass is 10.1. The number of nitrogens with zero attached hydrogens (tertiary/aromatic N) is 3. The van der Waals surface area contributed by atoms with Crippen molar-refractivity contribution in [2.75, 3.05) is 5.32 Å². The topological polar surface area (TPSA) is 95.1 Å². The van der Waals surface area contributed by atoms with Crippen LogP contribution in [-0.4, -0.2) is 19.6 Å². The quantitative estimate of drug-likeness (QED) is 0.249. The molecule has 0 unspecified atom stereocenters. The van der Waals surface area contributed by atoms with E-state index in [1.54, 1.807) is 24.3 Å². The van der Waals surface area contributed by atoms with Gasteiger partial charge in [-0.1, -0.05) is 65.4 Å². The Morgan fingerprint density at radius 1 is 1.00 bits per heavy atom. The maximum Gasteiger partial charge on any atom is 0.416 e. The highest BCUT2D eigenvalue weighted by Crippen LogP contribution is 2.27. The van der Waals surface area contributed by atoms with Crippen molar-refractivity contribution in [1.29, 1.82) is 0 Å². The van der Waals surface area contributed by atoms with Crippen LogP contribution in [-0.2, 0) is 37.5 Å². The van der Waals surface area contributed by atoms with Gasteiger partial charge >= 0.3 is 11.9 Å². The van der Waals surface area contributed by atoms with Crippen LogP contribution in [0.3, 0.4) is 0 Å². The SMILES string of the molecule is Cc1ccc(CCC(=O)Nc2c(Cl)n(CC#Cc3cccc(Cn4ccc(C(F)(F)F)cc4=O)c3)c(=O)n(C)c2=O)cc1. The van der Waals surface area contributed by atoms with Gasteiger partial charge in [0, 0.05) is 31.3 Å². The van der Waals surface area contributed by atoms with E-state index in [1.165, 1.54) is 7.05 Å². The van der Waals surface area contributed by atoms with Crippen LogP contribution in [0.2, 0.25) is 5.15 Å². The van der Waals surface area contributed by atoms with E-state index in [1.807, 2.05) is 31.2 Å². The summed E-state index contributed by atoms with van der Waals surface area (Å²) in [5.74, 6) is 5.24. The molecule has 1 N–H and O–H groups in total. The molecule has 0 atom stereocenters. The molecule has 0 bridgehead atoms. The molecule has 4 aromatic rings. The second kappa shape index (κ2) is 13.0. The number of hydrogen-bond acceptors (Lipinski definition) is 4. The number of carbonyl (C=O) groups is 1. The third kappa shape index (κ3) is 7.72. The van der Waals surface area contributed by atoms with E-state index in [2.05, 4.69) is 17.2 Å². The highest BCUT2D eigenvalue weighted by molar-refractivity contribution is 6.32. The first-order chi connectivity index (χ1) is 20.3. The Balaban J connectivity index is 1.49. The number of aromatic nitrogens is 3. The van der Waals surface area contributed by atoms with Crippen molar-refractivity contribution in [3.63, 3.8) is 0 Å². The first-order valence-electron chi connectivity index (χ1n) is 13.0. The average molecular weight is 611 g/mol. The van der Waals surface area contributed by atoms with Crippen LogP contribution in [0.4, 0.5) is 18.9 Å². The van der Waals surface area contributed by atoms with E-state index in [-0.39, 0.29) is 30.4 Å². The van der Waals surface area contributed by atoms with Crippen molar-refractivity contribution in [2.45, 2.75) is 39.0 Å². The molecule has 43 heavy (non-hydrogen) atoms. The number of carbonyl (C=O) groups excluding carboxylic acids is 1. The Labute approximate surface area is 249 Å². The van der Waals surface area contributed by atoms with Crippen LogP contribution in [0, 0.1) is 18.8 Å². The largest absolute Gasteiger partial charge is 0.416 e. The molecule has 1 amide bonds. The average Bonchev–Trinajstić information content (AvgIpc) is 2.96. The van der Waals surface area contributed by atoms with E-state index in [9.17, 15) is 32.3 Å². The number of benzene rings is 2. The summed E-state index contributed by atoms with van der Waals surface area (Å²) in [6, 6.07) is 15.8. The van der Waals surface area contributed by atoms with Crippen LogP contribution < -0.4 is 22.1 Å². The molecule has 2 aromatic carbocycles. The second-order valence-corrected chi connectivity index (χ2v) is 10.2. The molecule has 2 heterocycles. The molecule has 4 rings (SSSR count). The Bertz CT molecular complexity index is 1910. The number of anilines is 1. The zero-order valence-electron chi connectivity index (χ0n) is 23.2.